The fraction of sp³-hybridized carbons (Fsp3) is 0.357. The molecule has 0 aliphatic carbocycles. The maximum absolute atomic E-state index is 5.46. The second-order valence-corrected chi connectivity index (χ2v) is 4.46. The summed E-state index contributed by atoms with van der Waals surface area (Å²) in [6, 6.07) is 4.17. The summed E-state index contributed by atoms with van der Waals surface area (Å²) in [7, 11) is 3.58. The van der Waals surface area contributed by atoms with Crippen molar-refractivity contribution in [2.24, 2.45) is 0 Å². The summed E-state index contributed by atoms with van der Waals surface area (Å²) in [4.78, 5) is 0. The minimum absolute atomic E-state index is 0.848. The van der Waals surface area contributed by atoms with Gasteiger partial charge >= 0.3 is 0 Å². The third-order valence-corrected chi connectivity index (χ3v) is 3.27. The maximum atomic E-state index is 5.46. The van der Waals surface area contributed by atoms with Crippen LogP contribution in [0.4, 0.5) is 5.69 Å². The zero-order valence-corrected chi connectivity index (χ0v) is 11.5. The van der Waals surface area contributed by atoms with Gasteiger partial charge in [-0.15, -0.1) is 0 Å². The van der Waals surface area contributed by atoms with Gasteiger partial charge in [0.2, 0.25) is 0 Å². The normalized spacial score (nSPS) is 10.5. The number of hydrogen-bond donors (Lipinski definition) is 2. The quantitative estimate of drug-likeness (QED) is 0.873. The molecule has 0 saturated carbocycles. The predicted octanol–water partition coefficient (Wildman–Crippen LogP) is 3.05. The number of hydrogen-bond acceptors (Lipinski definition) is 3. The van der Waals surface area contributed by atoms with Crippen LogP contribution >= 0.6 is 0 Å². The van der Waals surface area contributed by atoms with Crippen LogP contribution in [0, 0.1) is 20.8 Å². The fourth-order valence-electron chi connectivity index (χ4n) is 2.07. The number of ether oxygens (including phenoxy) is 1. The van der Waals surface area contributed by atoms with Gasteiger partial charge in [-0.3, -0.25) is 5.10 Å². The molecule has 4 heteroatoms. The Morgan fingerprint density at radius 3 is 2.44 bits per heavy atom. The molecule has 0 radical (unpaired) electrons. The van der Waals surface area contributed by atoms with E-state index in [1.807, 2.05) is 20.0 Å². The third-order valence-electron chi connectivity index (χ3n) is 3.27. The van der Waals surface area contributed by atoms with Gasteiger partial charge in [-0.1, -0.05) is 0 Å². The van der Waals surface area contributed by atoms with Crippen molar-refractivity contribution in [3.8, 4) is 17.0 Å². The van der Waals surface area contributed by atoms with Crippen molar-refractivity contribution >= 4 is 5.69 Å². The van der Waals surface area contributed by atoms with Crippen LogP contribution in [-0.2, 0) is 0 Å². The van der Waals surface area contributed by atoms with Gasteiger partial charge in [0.25, 0.3) is 0 Å². The van der Waals surface area contributed by atoms with Crippen LogP contribution in [0.15, 0.2) is 12.1 Å². The van der Waals surface area contributed by atoms with Crippen molar-refractivity contribution in [3.05, 3.63) is 29.0 Å². The van der Waals surface area contributed by atoms with Gasteiger partial charge in [-0.2, -0.15) is 5.10 Å². The van der Waals surface area contributed by atoms with E-state index in [1.165, 1.54) is 11.1 Å². The molecule has 0 fully saturated rings. The van der Waals surface area contributed by atoms with E-state index in [2.05, 4.69) is 35.4 Å². The van der Waals surface area contributed by atoms with Crippen molar-refractivity contribution in [2.75, 3.05) is 19.5 Å². The lowest BCUT2D eigenvalue weighted by Gasteiger charge is -2.11. The highest BCUT2D eigenvalue weighted by Crippen LogP contribution is 2.36. The molecule has 18 heavy (non-hydrogen) atoms. The van der Waals surface area contributed by atoms with Gasteiger partial charge in [-0.05, 0) is 44.0 Å². The van der Waals surface area contributed by atoms with Crippen molar-refractivity contribution in [2.45, 2.75) is 20.8 Å². The van der Waals surface area contributed by atoms with Gasteiger partial charge in [-0.25, -0.2) is 0 Å². The Kier molecular flexibility index (Phi) is 3.28. The zero-order chi connectivity index (χ0) is 13.3. The Morgan fingerprint density at radius 2 is 1.83 bits per heavy atom. The van der Waals surface area contributed by atoms with Crippen LogP contribution in [0.2, 0.25) is 0 Å². The number of nitrogens with one attached hydrogen (secondary N) is 2. The number of anilines is 1. The molecular formula is C14H19N3O. The van der Waals surface area contributed by atoms with Crippen LogP contribution in [-0.4, -0.2) is 24.4 Å². The minimum Gasteiger partial charge on any atom is -0.496 e. The molecule has 1 aromatic heterocycles. The first-order chi connectivity index (χ1) is 8.58. The molecule has 1 aromatic carbocycles. The Balaban J connectivity index is 2.66. The molecule has 0 aliphatic rings. The van der Waals surface area contributed by atoms with Crippen LogP contribution in [0.25, 0.3) is 11.3 Å². The van der Waals surface area contributed by atoms with Gasteiger partial charge in [0, 0.05) is 12.6 Å². The molecule has 2 aromatic rings. The van der Waals surface area contributed by atoms with E-state index in [9.17, 15) is 0 Å². The summed E-state index contributed by atoms with van der Waals surface area (Å²) in [5.41, 5.74) is 6.39. The third kappa shape index (κ3) is 1.94. The number of nitrogens with zero attached hydrogens (tertiary/aromatic N) is 1. The van der Waals surface area contributed by atoms with E-state index in [4.69, 9.17) is 4.74 Å². The molecule has 1 heterocycles. The predicted molar refractivity (Wildman–Crippen MR) is 74.3 cm³/mol. The maximum Gasteiger partial charge on any atom is 0.128 e. The molecule has 0 aliphatic heterocycles. The van der Waals surface area contributed by atoms with Gasteiger partial charge in [0.05, 0.1) is 18.5 Å². The number of aromatic nitrogens is 2. The molecule has 0 unspecified atom stereocenters. The number of aryl methyl sites for hydroxylation is 3. The van der Waals surface area contributed by atoms with Crippen molar-refractivity contribution in [3.63, 3.8) is 0 Å². The number of methoxy groups -OCH3 is 1. The second kappa shape index (κ2) is 4.72. The van der Waals surface area contributed by atoms with E-state index in [0.29, 0.717) is 0 Å². The topological polar surface area (TPSA) is 49.9 Å². The largest absolute Gasteiger partial charge is 0.496 e. The molecule has 96 valence electrons. The van der Waals surface area contributed by atoms with Crippen molar-refractivity contribution in [1.82, 2.24) is 10.2 Å². The van der Waals surface area contributed by atoms with Gasteiger partial charge < -0.3 is 10.1 Å². The molecule has 0 spiro atoms. The lowest BCUT2D eigenvalue weighted by molar-refractivity contribution is 0.416. The number of rotatable bonds is 3. The van der Waals surface area contributed by atoms with Crippen molar-refractivity contribution < 1.29 is 4.74 Å². The highest BCUT2D eigenvalue weighted by molar-refractivity contribution is 5.80. The first-order valence-corrected chi connectivity index (χ1v) is 5.96. The van der Waals surface area contributed by atoms with Crippen LogP contribution < -0.4 is 10.1 Å². The standard InChI is InChI=1S/C14H19N3O/c1-8-6-11(12(18-5)7-9(8)2)14-13(15-4)10(3)16-17-14/h6-7,15H,1-5H3,(H,16,17). The van der Waals surface area contributed by atoms with Crippen molar-refractivity contribution in [1.29, 1.82) is 0 Å². The summed E-state index contributed by atoms with van der Waals surface area (Å²) >= 11 is 0. The molecule has 0 bridgehead atoms. The molecule has 2 rings (SSSR count). The summed E-state index contributed by atoms with van der Waals surface area (Å²) < 4.78 is 5.46. The molecule has 0 amide bonds. The SMILES string of the molecule is CNc1c(-c2cc(C)c(C)cc2OC)n[nH]c1C. The molecule has 2 N–H and O–H groups in total. The smallest absolute Gasteiger partial charge is 0.128 e. The first-order valence-electron chi connectivity index (χ1n) is 5.96. The zero-order valence-electron chi connectivity index (χ0n) is 11.5. The van der Waals surface area contributed by atoms with Crippen LogP contribution in [0.3, 0.4) is 0 Å². The minimum atomic E-state index is 0.848. The molecule has 4 nitrogen and oxygen atoms in total. The average molecular weight is 245 g/mol. The summed E-state index contributed by atoms with van der Waals surface area (Å²) in [5.74, 6) is 0.848. The Hall–Kier alpha value is -1.97. The number of H-pyrrole nitrogens is 1. The number of benzene rings is 1. The average Bonchev–Trinajstić information content (AvgIpc) is 2.73. The highest BCUT2D eigenvalue weighted by Gasteiger charge is 2.16. The van der Waals surface area contributed by atoms with E-state index in [1.54, 1.807) is 7.11 Å². The molecule has 0 atom stereocenters. The Labute approximate surface area is 107 Å². The summed E-state index contributed by atoms with van der Waals surface area (Å²) in [6.07, 6.45) is 0. The van der Waals surface area contributed by atoms with Crippen LogP contribution in [0.1, 0.15) is 16.8 Å². The second-order valence-electron chi connectivity index (χ2n) is 4.46. The summed E-state index contributed by atoms with van der Waals surface area (Å²) in [5, 5.41) is 10.6. The number of aromatic amines is 1. The van der Waals surface area contributed by atoms with Gasteiger partial charge in [0.1, 0.15) is 11.4 Å². The molecular weight excluding hydrogens is 226 g/mol. The monoisotopic (exact) mass is 245 g/mol. The van der Waals surface area contributed by atoms with E-state index >= 15 is 0 Å². The Bertz CT molecular complexity index is 573. The van der Waals surface area contributed by atoms with Crippen LogP contribution in [0.5, 0.6) is 5.75 Å². The highest BCUT2D eigenvalue weighted by atomic mass is 16.5. The first kappa shape index (κ1) is 12.5. The Morgan fingerprint density at radius 1 is 1.17 bits per heavy atom. The van der Waals surface area contributed by atoms with E-state index in [0.717, 1.165) is 28.4 Å². The lowest BCUT2D eigenvalue weighted by atomic mass is 10.0. The van der Waals surface area contributed by atoms with Gasteiger partial charge in [0.15, 0.2) is 0 Å². The lowest BCUT2D eigenvalue weighted by Crippen LogP contribution is -1.95. The van der Waals surface area contributed by atoms with E-state index in [-0.39, 0.29) is 0 Å². The van der Waals surface area contributed by atoms with E-state index < -0.39 is 0 Å². The fourth-order valence-corrected chi connectivity index (χ4v) is 2.07. The summed E-state index contributed by atoms with van der Waals surface area (Å²) in [6.45, 7) is 6.17. The molecule has 0 saturated heterocycles.